The van der Waals surface area contributed by atoms with E-state index in [4.69, 9.17) is 4.74 Å². The lowest BCUT2D eigenvalue weighted by atomic mass is 10.0. The normalized spacial score (nSPS) is 11.3. The summed E-state index contributed by atoms with van der Waals surface area (Å²) in [5.41, 5.74) is 3.26. The number of hydrogen-bond acceptors (Lipinski definition) is 4. The fourth-order valence-corrected chi connectivity index (χ4v) is 3.15. The van der Waals surface area contributed by atoms with Gasteiger partial charge in [-0.25, -0.2) is 8.42 Å². The molecule has 0 aliphatic heterocycles. The van der Waals surface area contributed by atoms with Crippen molar-refractivity contribution in [2.75, 3.05) is 17.6 Å². The molecule has 1 aromatic carbocycles. The molecular weight excluding hydrogens is 368 g/mol. The van der Waals surface area contributed by atoms with E-state index < -0.39 is 10.0 Å². The molecule has 0 fully saturated rings. The monoisotopic (exact) mass is 384 g/mol. The molecule has 1 aromatic heterocycles. The Bertz CT molecular complexity index is 791. The van der Waals surface area contributed by atoms with Crippen molar-refractivity contribution in [2.24, 2.45) is 0 Å². The van der Waals surface area contributed by atoms with E-state index in [2.05, 4.69) is 25.6 Å². The maximum Gasteiger partial charge on any atom is 0.229 e. The van der Waals surface area contributed by atoms with E-state index in [0.29, 0.717) is 12.3 Å². The van der Waals surface area contributed by atoms with Gasteiger partial charge >= 0.3 is 0 Å². The van der Waals surface area contributed by atoms with Crippen LogP contribution in [-0.2, 0) is 10.0 Å². The Labute approximate surface area is 138 Å². The Morgan fingerprint density at radius 1 is 1.27 bits per heavy atom. The van der Waals surface area contributed by atoms with E-state index in [9.17, 15) is 8.42 Å². The minimum atomic E-state index is -3.29. The molecule has 2 aromatic rings. The van der Waals surface area contributed by atoms with E-state index in [1.807, 2.05) is 19.9 Å². The van der Waals surface area contributed by atoms with Crippen LogP contribution in [0.5, 0.6) is 5.75 Å². The van der Waals surface area contributed by atoms with Gasteiger partial charge in [0.25, 0.3) is 0 Å². The summed E-state index contributed by atoms with van der Waals surface area (Å²) >= 11 is 3.45. The van der Waals surface area contributed by atoms with Gasteiger partial charge in [-0.05, 0) is 53.0 Å². The summed E-state index contributed by atoms with van der Waals surface area (Å²) in [6.45, 7) is 4.38. The first kappa shape index (κ1) is 16.8. The lowest BCUT2D eigenvalue weighted by Gasteiger charge is -2.14. The van der Waals surface area contributed by atoms with Crippen molar-refractivity contribution in [3.8, 4) is 16.9 Å². The third kappa shape index (κ3) is 3.98. The summed E-state index contributed by atoms with van der Waals surface area (Å²) in [7, 11) is -3.29. The number of sulfonamides is 1. The molecule has 0 spiro atoms. The van der Waals surface area contributed by atoms with Gasteiger partial charge in [0, 0.05) is 23.6 Å². The van der Waals surface area contributed by atoms with Crippen molar-refractivity contribution in [1.29, 1.82) is 0 Å². The Morgan fingerprint density at radius 3 is 2.59 bits per heavy atom. The average Bonchev–Trinajstić information content (AvgIpc) is 2.40. The second-order valence-corrected chi connectivity index (χ2v) is 7.44. The van der Waals surface area contributed by atoms with E-state index in [1.165, 1.54) is 0 Å². The number of aromatic nitrogens is 1. The summed E-state index contributed by atoms with van der Waals surface area (Å²) in [5.74, 6) is 0.726. The van der Waals surface area contributed by atoms with Crippen LogP contribution >= 0.6 is 15.9 Å². The van der Waals surface area contributed by atoms with Crippen LogP contribution in [-0.4, -0.2) is 26.3 Å². The van der Waals surface area contributed by atoms with Gasteiger partial charge in [-0.15, -0.1) is 0 Å². The summed E-state index contributed by atoms with van der Waals surface area (Å²) < 4.78 is 31.5. The third-order valence-electron chi connectivity index (χ3n) is 2.96. The molecule has 0 saturated carbocycles. The van der Waals surface area contributed by atoms with Crippen molar-refractivity contribution < 1.29 is 13.2 Å². The van der Waals surface area contributed by atoms with Gasteiger partial charge in [-0.2, -0.15) is 0 Å². The number of halogens is 1. The van der Waals surface area contributed by atoms with Crippen LogP contribution in [0.1, 0.15) is 12.5 Å². The molecule has 0 unspecified atom stereocenters. The van der Waals surface area contributed by atoms with Crippen LogP contribution in [0.15, 0.2) is 35.1 Å². The van der Waals surface area contributed by atoms with Gasteiger partial charge < -0.3 is 4.74 Å². The predicted molar refractivity (Wildman–Crippen MR) is 91.7 cm³/mol. The standard InChI is InChI=1S/C15H17BrN2O3S/c1-4-21-15-13(8-17-9-14(15)16)12-6-5-11(7-10(12)2)18-22(3,19)20/h5-9,18H,4H2,1-3H3. The largest absolute Gasteiger partial charge is 0.492 e. The zero-order valence-corrected chi connectivity index (χ0v) is 15.0. The molecule has 7 heteroatoms. The summed E-state index contributed by atoms with van der Waals surface area (Å²) in [6, 6.07) is 5.36. The summed E-state index contributed by atoms with van der Waals surface area (Å²) in [5, 5.41) is 0. The molecule has 0 radical (unpaired) electrons. The average molecular weight is 385 g/mol. The minimum Gasteiger partial charge on any atom is -0.492 e. The van der Waals surface area contributed by atoms with E-state index in [0.717, 1.165) is 33.2 Å². The highest BCUT2D eigenvalue weighted by Gasteiger charge is 2.13. The highest BCUT2D eigenvalue weighted by molar-refractivity contribution is 9.10. The first-order chi connectivity index (χ1) is 10.3. The highest BCUT2D eigenvalue weighted by atomic mass is 79.9. The molecule has 22 heavy (non-hydrogen) atoms. The first-order valence-electron chi connectivity index (χ1n) is 6.67. The van der Waals surface area contributed by atoms with Gasteiger partial charge in [0.1, 0.15) is 5.75 Å². The Hall–Kier alpha value is -1.60. The van der Waals surface area contributed by atoms with Crippen LogP contribution < -0.4 is 9.46 Å². The highest BCUT2D eigenvalue weighted by Crippen LogP contribution is 2.37. The molecular formula is C15H17BrN2O3S. The Balaban J connectivity index is 2.48. The Morgan fingerprint density at radius 2 is 2.00 bits per heavy atom. The molecule has 2 rings (SSSR count). The molecule has 118 valence electrons. The van der Waals surface area contributed by atoms with Gasteiger partial charge in [-0.3, -0.25) is 9.71 Å². The van der Waals surface area contributed by atoms with Crippen LogP contribution in [0.4, 0.5) is 5.69 Å². The number of nitrogens with zero attached hydrogens (tertiary/aromatic N) is 1. The summed E-state index contributed by atoms with van der Waals surface area (Å²) in [6.07, 6.45) is 4.55. The van der Waals surface area contributed by atoms with E-state index in [1.54, 1.807) is 24.5 Å². The maximum absolute atomic E-state index is 11.3. The van der Waals surface area contributed by atoms with Crippen molar-refractivity contribution in [1.82, 2.24) is 4.98 Å². The zero-order chi connectivity index (χ0) is 16.3. The smallest absolute Gasteiger partial charge is 0.229 e. The van der Waals surface area contributed by atoms with Gasteiger partial charge in [-0.1, -0.05) is 6.07 Å². The molecule has 0 saturated heterocycles. The zero-order valence-electron chi connectivity index (χ0n) is 12.6. The van der Waals surface area contributed by atoms with Crippen molar-refractivity contribution in [2.45, 2.75) is 13.8 Å². The number of pyridine rings is 1. The fourth-order valence-electron chi connectivity index (χ4n) is 2.15. The molecule has 1 N–H and O–H groups in total. The molecule has 0 bridgehead atoms. The predicted octanol–water partition coefficient (Wildman–Crippen LogP) is 3.59. The Kier molecular flexibility index (Phi) is 5.08. The second kappa shape index (κ2) is 6.66. The quantitative estimate of drug-likeness (QED) is 0.854. The van der Waals surface area contributed by atoms with Gasteiger partial charge in [0.05, 0.1) is 17.3 Å². The third-order valence-corrected chi connectivity index (χ3v) is 4.13. The van der Waals surface area contributed by atoms with Gasteiger partial charge in [0.2, 0.25) is 10.0 Å². The molecule has 0 atom stereocenters. The number of aryl methyl sites for hydroxylation is 1. The molecule has 5 nitrogen and oxygen atoms in total. The fraction of sp³-hybridized carbons (Fsp3) is 0.267. The number of nitrogens with one attached hydrogen (secondary N) is 1. The van der Waals surface area contributed by atoms with Crippen molar-refractivity contribution >= 4 is 31.6 Å². The van der Waals surface area contributed by atoms with Crippen LogP contribution in [0.25, 0.3) is 11.1 Å². The number of rotatable bonds is 5. The molecule has 0 aliphatic carbocycles. The number of ether oxygens (including phenoxy) is 1. The SMILES string of the molecule is CCOc1c(Br)cncc1-c1ccc(NS(C)(=O)=O)cc1C. The van der Waals surface area contributed by atoms with E-state index >= 15 is 0 Å². The molecule has 0 aliphatic rings. The maximum atomic E-state index is 11.3. The second-order valence-electron chi connectivity index (χ2n) is 4.83. The topological polar surface area (TPSA) is 68.3 Å². The minimum absolute atomic E-state index is 0.532. The van der Waals surface area contributed by atoms with E-state index in [-0.39, 0.29) is 0 Å². The van der Waals surface area contributed by atoms with Crippen molar-refractivity contribution in [3.63, 3.8) is 0 Å². The van der Waals surface area contributed by atoms with Crippen LogP contribution in [0.3, 0.4) is 0 Å². The summed E-state index contributed by atoms with van der Waals surface area (Å²) in [4.78, 5) is 4.19. The molecule has 1 heterocycles. The number of anilines is 1. The first-order valence-corrected chi connectivity index (χ1v) is 9.35. The lowest BCUT2D eigenvalue weighted by molar-refractivity contribution is 0.339. The number of benzene rings is 1. The number of hydrogen-bond donors (Lipinski definition) is 1. The van der Waals surface area contributed by atoms with Crippen LogP contribution in [0, 0.1) is 6.92 Å². The van der Waals surface area contributed by atoms with Crippen LogP contribution in [0.2, 0.25) is 0 Å². The lowest BCUT2D eigenvalue weighted by Crippen LogP contribution is -2.09. The van der Waals surface area contributed by atoms with Crippen molar-refractivity contribution in [3.05, 3.63) is 40.6 Å². The van der Waals surface area contributed by atoms with Gasteiger partial charge in [0.15, 0.2) is 0 Å². The molecule has 0 amide bonds.